The van der Waals surface area contributed by atoms with Crippen LogP contribution in [0.5, 0.6) is 0 Å². The lowest BCUT2D eigenvalue weighted by molar-refractivity contribution is -0.209. The molecule has 0 amide bonds. The number of ether oxygens (including phenoxy) is 4. The van der Waals surface area contributed by atoms with Crippen LogP contribution < -0.4 is 0 Å². The van der Waals surface area contributed by atoms with Crippen molar-refractivity contribution in [2.24, 2.45) is 5.11 Å². The average Bonchev–Trinajstić information content (AvgIpc) is 2.42. The summed E-state index contributed by atoms with van der Waals surface area (Å²) in [5.74, 6) is -1.96. The molecule has 0 aromatic heterocycles. The molecule has 0 spiro atoms. The lowest BCUT2D eigenvalue weighted by Gasteiger charge is -2.41. The van der Waals surface area contributed by atoms with Crippen molar-refractivity contribution in [2.45, 2.75) is 50.7 Å². The molecule has 0 aromatic carbocycles. The first-order valence-electron chi connectivity index (χ1n) is 6.57. The molecule has 0 N–H and O–H groups in total. The highest BCUT2D eigenvalue weighted by Gasteiger charge is 2.49. The topological polar surface area (TPSA) is 137 Å². The second kappa shape index (κ2) is 8.56. The molecule has 0 aliphatic carbocycles. The molecule has 1 aliphatic heterocycles. The second-order valence-electron chi connectivity index (χ2n) is 4.67. The van der Waals surface area contributed by atoms with Gasteiger partial charge in [-0.15, -0.1) is 0 Å². The minimum absolute atomic E-state index is 0.281. The third kappa shape index (κ3) is 5.59. The first-order chi connectivity index (χ1) is 10.8. The van der Waals surface area contributed by atoms with E-state index in [4.69, 9.17) is 36.1 Å². The Morgan fingerprint density at radius 1 is 1.13 bits per heavy atom. The minimum atomic E-state index is -1.18. The number of azide groups is 1. The maximum absolute atomic E-state index is 11.3. The van der Waals surface area contributed by atoms with Crippen LogP contribution in [0.25, 0.3) is 10.4 Å². The second-order valence-corrected chi connectivity index (χ2v) is 5.10. The summed E-state index contributed by atoms with van der Waals surface area (Å²) in [6.07, 6.45) is -3.31. The van der Waals surface area contributed by atoms with Gasteiger partial charge in [0.15, 0.2) is 12.2 Å². The Bertz CT molecular complexity index is 523. The standard InChI is InChI=1S/C12H16ClN3O7/c1-5(17)20-4-8-10(21-6(2)18)11(22-7(3)19)9(15-16-14)12(13)23-8/h8-12H,4H2,1-3H3/t8-,9-,10+,11-,12+/m1/s1. The molecule has 0 saturated carbocycles. The molecule has 128 valence electrons. The molecule has 1 rings (SSSR count). The first-order valence-corrected chi connectivity index (χ1v) is 7.01. The van der Waals surface area contributed by atoms with Crippen LogP contribution in [-0.4, -0.2) is 54.4 Å². The Morgan fingerprint density at radius 2 is 1.70 bits per heavy atom. The van der Waals surface area contributed by atoms with Gasteiger partial charge in [-0.3, -0.25) is 14.4 Å². The molecule has 5 atom stereocenters. The maximum atomic E-state index is 11.3. The quantitative estimate of drug-likeness (QED) is 0.180. The Balaban J connectivity index is 3.11. The fourth-order valence-corrected chi connectivity index (χ4v) is 2.38. The number of carbonyl (C=O) groups excluding carboxylic acids is 3. The summed E-state index contributed by atoms with van der Waals surface area (Å²) in [6.45, 7) is 3.19. The number of nitrogens with zero attached hydrogens (tertiary/aromatic N) is 3. The van der Waals surface area contributed by atoms with E-state index < -0.39 is 47.8 Å². The summed E-state index contributed by atoms with van der Waals surface area (Å²) in [7, 11) is 0. The number of esters is 3. The van der Waals surface area contributed by atoms with Gasteiger partial charge in [-0.05, 0) is 5.53 Å². The van der Waals surface area contributed by atoms with E-state index >= 15 is 0 Å². The maximum Gasteiger partial charge on any atom is 0.303 e. The van der Waals surface area contributed by atoms with Gasteiger partial charge in [-0.1, -0.05) is 16.7 Å². The van der Waals surface area contributed by atoms with Gasteiger partial charge in [-0.2, -0.15) is 0 Å². The van der Waals surface area contributed by atoms with Crippen molar-refractivity contribution in [3.63, 3.8) is 0 Å². The summed E-state index contributed by atoms with van der Waals surface area (Å²) in [5, 5.41) is 3.43. The number of alkyl halides is 1. The molecule has 23 heavy (non-hydrogen) atoms. The molecule has 11 heteroatoms. The zero-order chi connectivity index (χ0) is 17.6. The third-order valence-electron chi connectivity index (χ3n) is 2.84. The van der Waals surface area contributed by atoms with Gasteiger partial charge in [-0.25, -0.2) is 0 Å². The third-order valence-corrected chi connectivity index (χ3v) is 3.20. The molecule has 1 aliphatic rings. The van der Waals surface area contributed by atoms with Crippen LogP contribution in [0.1, 0.15) is 20.8 Å². The van der Waals surface area contributed by atoms with Crippen molar-refractivity contribution < 1.29 is 33.3 Å². The summed E-state index contributed by atoms with van der Waals surface area (Å²) in [5.41, 5.74) is 7.46. The molecule has 1 heterocycles. The Kier molecular flexibility index (Phi) is 7.08. The van der Waals surface area contributed by atoms with Crippen LogP contribution in [0.4, 0.5) is 0 Å². The fraction of sp³-hybridized carbons (Fsp3) is 0.750. The molecule has 0 aromatic rings. The zero-order valence-electron chi connectivity index (χ0n) is 12.7. The van der Waals surface area contributed by atoms with Gasteiger partial charge in [0.25, 0.3) is 0 Å². The van der Waals surface area contributed by atoms with Gasteiger partial charge in [0.1, 0.15) is 24.3 Å². The van der Waals surface area contributed by atoms with Crippen LogP contribution >= 0.6 is 11.6 Å². The van der Waals surface area contributed by atoms with Gasteiger partial charge < -0.3 is 18.9 Å². The molecule has 1 saturated heterocycles. The van der Waals surface area contributed by atoms with Crippen LogP contribution in [0.2, 0.25) is 0 Å². The SMILES string of the molecule is CC(=O)OC[C@H]1O[C@H](Cl)[C@H](N=[N+]=[N-])[C@@H](OC(C)=O)[C@H]1OC(C)=O. The number of carbonyl (C=O) groups is 3. The van der Waals surface area contributed by atoms with Gasteiger partial charge in [0.2, 0.25) is 0 Å². The highest BCUT2D eigenvalue weighted by atomic mass is 35.5. The van der Waals surface area contributed by atoms with Crippen LogP contribution in [0, 0.1) is 0 Å². The van der Waals surface area contributed by atoms with Crippen molar-refractivity contribution >= 4 is 29.5 Å². The molecule has 0 bridgehead atoms. The van der Waals surface area contributed by atoms with Crippen molar-refractivity contribution in [2.75, 3.05) is 6.61 Å². The van der Waals surface area contributed by atoms with Gasteiger partial charge in [0, 0.05) is 25.7 Å². The van der Waals surface area contributed by atoms with E-state index in [9.17, 15) is 14.4 Å². The lowest BCUT2D eigenvalue weighted by Crippen LogP contribution is -2.59. The molecule has 0 radical (unpaired) electrons. The monoisotopic (exact) mass is 349 g/mol. The van der Waals surface area contributed by atoms with Crippen molar-refractivity contribution in [3.8, 4) is 0 Å². The number of rotatable bonds is 5. The number of halogens is 1. The predicted octanol–water partition coefficient (Wildman–Crippen LogP) is 1.06. The van der Waals surface area contributed by atoms with E-state index in [0.717, 1.165) is 13.8 Å². The van der Waals surface area contributed by atoms with E-state index in [1.165, 1.54) is 6.92 Å². The Labute approximate surface area is 136 Å². The zero-order valence-corrected chi connectivity index (χ0v) is 13.4. The molecule has 0 unspecified atom stereocenters. The summed E-state index contributed by atoms with van der Waals surface area (Å²) in [4.78, 5) is 36.2. The van der Waals surface area contributed by atoms with Crippen molar-refractivity contribution in [1.82, 2.24) is 0 Å². The fourth-order valence-electron chi connectivity index (χ4n) is 2.05. The summed E-state index contributed by atoms with van der Waals surface area (Å²) >= 11 is 5.99. The lowest BCUT2D eigenvalue weighted by atomic mass is 9.98. The number of hydrogen-bond acceptors (Lipinski definition) is 8. The van der Waals surface area contributed by atoms with Crippen LogP contribution in [0.3, 0.4) is 0 Å². The Morgan fingerprint density at radius 3 is 2.17 bits per heavy atom. The smallest absolute Gasteiger partial charge is 0.303 e. The van der Waals surface area contributed by atoms with E-state index in [2.05, 4.69) is 10.0 Å². The van der Waals surface area contributed by atoms with E-state index in [1.54, 1.807) is 0 Å². The average molecular weight is 350 g/mol. The predicted molar refractivity (Wildman–Crippen MR) is 75.2 cm³/mol. The van der Waals surface area contributed by atoms with Gasteiger partial charge >= 0.3 is 17.9 Å². The highest BCUT2D eigenvalue weighted by Crippen LogP contribution is 2.30. The first kappa shape index (κ1) is 19.0. The molecule has 10 nitrogen and oxygen atoms in total. The van der Waals surface area contributed by atoms with Crippen molar-refractivity contribution in [3.05, 3.63) is 10.4 Å². The van der Waals surface area contributed by atoms with Gasteiger partial charge in [0.05, 0.1) is 0 Å². The summed E-state index contributed by atoms with van der Waals surface area (Å²) in [6, 6.07) is -1.12. The van der Waals surface area contributed by atoms with Crippen LogP contribution in [-0.2, 0) is 33.3 Å². The molecular weight excluding hydrogens is 334 g/mol. The normalized spacial score (nSPS) is 29.8. The largest absolute Gasteiger partial charge is 0.463 e. The van der Waals surface area contributed by atoms with E-state index in [-0.39, 0.29) is 6.61 Å². The van der Waals surface area contributed by atoms with Crippen LogP contribution in [0.15, 0.2) is 5.11 Å². The molecule has 1 fully saturated rings. The minimum Gasteiger partial charge on any atom is -0.463 e. The summed E-state index contributed by atoms with van der Waals surface area (Å²) < 4.78 is 20.4. The van der Waals surface area contributed by atoms with E-state index in [1.807, 2.05) is 0 Å². The highest BCUT2D eigenvalue weighted by molar-refractivity contribution is 6.20. The van der Waals surface area contributed by atoms with E-state index in [0.29, 0.717) is 0 Å². The number of hydrogen-bond donors (Lipinski definition) is 0. The molecular formula is C12H16ClN3O7. The van der Waals surface area contributed by atoms with Crippen molar-refractivity contribution in [1.29, 1.82) is 0 Å². The Hall–Kier alpha value is -2.03.